The second-order valence-corrected chi connectivity index (χ2v) is 6.21. The lowest BCUT2D eigenvalue weighted by Crippen LogP contribution is -2.16. The van der Waals surface area contributed by atoms with Gasteiger partial charge in [0.2, 0.25) is 4.96 Å². The van der Waals surface area contributed by atoms with Gasteiger partial charge in [0.1, 0.15) is 5.01 Å². The summed E-state index contributed by atoms with van der Waals surface area (Å²) >= 11 is 1.63. The first-order chi connectivity index (χ1) is 9.83. The Hall–Kier alpha value is -1.79. The average Bonchev–Trinajstić information content (AvgIpc) is 3.13. The fraction of sp³-hybridized carbons (Fsp3) is 0.357. The lowest BCUT2D eigenvalue weighted by Gasteiger charge is -2.10. The van der Waals surface area contributed by atoms with Gasteiger partial charge in [-0.05, 0) is 18.9 Å². The van der Waals surface area contributed by atoms with Crippen LogP contribution in [0.4, 0.5) is 0 Å². The van der Waals surface area contributed by atoms with Crippen LogP contribution < -0.4 is 5.32 Å². The van der Waals surface area contributed by atoms with Gasteiger partial charge in [0.15, 0.2) is 5.82 Å². The summed E-state index contributed by atoms with van der Waals surface area (Å²) in [7, 11) is 0. The second kappa shape index (κ2) is 4.64. The predicted molar refractivity (Wildman–Crippen MR) is 78.6 cm³/mol. The first kappa shape index (κ1) is 12.0. The number of fused-ring (bicyclic) bond motifs is 1. The van der Waals surface area contributed by atoms with Crippen LogP contribution in [0.15, 0.2) is 30.3 Å². The van der Waals surface area contributed by atoms with Crippen molar-refractivity contribution >= 4 is 16.3 Å². The summed E-state index contributed by atoms with van der Waals surface area (Å²) in [6.45, 7) is 3.34. The van der Waals surface area contributed by atoms with E-state index in [0.717, 1.165) is 27.9 Å². The van der Waals surface area contributed by atoms with Gasteiger partial charge in [-0.15, -0.1) is 10.2 Å². The van der Waals surface area contributed by atoms with Gasteiger partial charge < -0.3 is 5.32 Å². The molecule has 0 bridgehead atoms. The molecule has 2 aromatic heterocycles. The fourth-order valence-corrected chi connectivity index (χ4v) is 3.74. The number of nitrogens with zero attached hydrogens (tertiary/aromatic N) is 4. The highest BCUT2D eigenvalue weighted by Crippen LogP contribution is 2.32. The van der Waals surface area contributed by atoms with Gasteiger partial charge >= 0.3 is 0 Å². The van der Waals surface area contributed by atoms with E-state index in [1.807, 2.05) is 34.8 Å². The summed E-state index contributed by atoms with van der Waals surface area (Å²) in [5.74, 6) is 1.44. The molecule has 4 rings (SSSR count). The molecule has 1 aliphatic rings. The predicted octanol–water partition coefficient (Wildman–Crippen LogP) is 2.52. The Morgan fingerprint density at radius 3 is 2.85 bits per heavy atom. The summed E-state index contributed by atoms with van der Waals surface area (Å²) in [5.41, 5.74) is 1.05. The summed E-state index contributed by atoms with van der Waals surface area (Å²) in [4.78, 5) is 0.861. The first-order valence-electron chi connectivity index (χ1n) is 6.84. The van der Waals surface area contributed by atoms with Crippen LogP contribution in [-0.2, 0) is 0 Å². The molecule has 2 atom stereocenters. The Morgan fingerprint density at radius 1 is 1.25 bits per heavy atom. The van der Waals surface area contributed by atoms with Gasteiger partial charge in [0.05, 0.1) is 6.04 Å². The number of benzene rings is 1. The van der Waals surface area contributed by atoms with Crippen LogP contribution in [0, 0.1) is 5.92 Å². The molecule has 3 aromatic rings. The lowest BCUT2D eigenvalue weighted by atomic mass is 10.0. The number of aromatic nitrogens is 4. The average molecular weight is 285 g/mol. The van der Waals surface area contributed by atoms with Gasteiger partial charge in [-0.1, -0.05) is 48.6 Å². The van der Waals surface area contributed by atoms with E-state index in [2.05, 4.69) is 22.4 Å². The Labute approximate surface area is 120 Å². The molecule has 3 heterocycles. The fourth-order valence-electron chi connectivity index (χ4n) is 2.69. The third-order valence-electron chi connectivity index (χ3n) is 3.84. The van der Waals surface area contributed by atoms with Gasteiger partial charge in [-0.3, -0.25) is 0 Å². The van der Waals surface area contributed by atoms with Crippen molar-refractivity contribution < 1.29 is 0 Å². The van der Waals surface area contributed by atoms with Crippen molar-refractivity contribution in [1.82, 2.24) is 25.1 Å². The molecule has 102 valence electrons. The maximum atomic E-state index is 4.73. The van der Waals surface area contributed by atoms with Crippen molar-refractivity contribution in [3.05, 3.63) is 35.3 Å². The topological polar surface area (TPSA) is 55.1 Å². The van der Waals surface area contributed by atoms with Crippen LogP contribution in [-0.4, -0.2) is 26.4 Å². The highest BCUT2D eigenvalue weighted by Gasteiger charge is 2.28. The highest BCUT2D eigenvalue weighted by atomic mass is 32.1. The van der Waals surface area contributed by atoms with Crippen molar-refractivity contribution in [3.8, 4) is 11.4 Å². The molecule has 0 amide bonds. The number of hydrogen-bond donors (Lipinski definition) is 1. The largest absolute Gasteiger partial charge is 0.308 e. The van der Waals surface area contributed by atoms with Gasteiger partial charge in [-0.25, -0.2) is 0 Å². The van der Waals surface area contributed by atoms with Gasteiger partial charge in [0.25, 0.3) is 0 Å². The van der Waals surface area contributed by atoms with Crippen LogP contribution in [0.3, 0.4) is 0 Å². The molecule has 6 heteroatoms. The summed E-state index contributed by atoms with van der Waals surface area (Å²) in [6.07, 6.45) is 1.20. The number of rotatable bonds is 2. The molecule has 20 heavy (non-hydrogen) atoms. The maximum absolute atomic E-state index is 4.73. The maximum Gasteiger partial charge on any atom is 0.235 e. The summed E-state index contributed by atoms with van der Waals surface area (Å²) < 4.78 is 1.86. The third-order valence-corrected chi connectivity index (χ3v) is 4.82. The van der Waals surface area contributed by atoms with E-state index >= 15 is 0 Å². The van der Waals surface area contributed by atoms with E-state index < -0.39 is 0 Å². The zero-order valence-electron chi connectivity index (χ0n) is 11.2. The lowest BCUT2D eigenvalue weighted by molar-refractivity contribution is 0.496. The molecule has 0 radical (unpaired) electrons. The zero-order valence-corrected chi connectivity index (χ0v) is 12.0. The Bertz CT molecular complexity index is 732. The van der Waals surface area contributed by atoms with Crippen molar-refractivity contribution in [1.29, 1.82) is 0 Å². The van der Waals surface area contributed by atoms with Crippen molar-refractivity contribution in [2.75, 3.05) is 6.54 Å². The Balaban J connectivity index is 1.79. The van der Waals surface area contributed by atoms with Gasteiger partial charge in [-0.2, -0.15) is 9.61 Å². The van der Waals surface area contributed by atoms with Crippen LogP contribution in [0.1, 0.15) is 24.4 Å². The molecule has 2 unspecified atom stereocenters. The minimum Gasteiger partial charge on any atom is -0.308 e. The van der Waals surface area contributed by atoms with Crippen LogP contribution in [0.25, 0.3) is 16.3 Å². The van der Waals surface area contributed by atoms with E-state index in [0.29, 0.717) is 12.0 Å². The number of nitrogens with one attached hydrogen (secondary N) is 1. The van der Waals surface area contributed by atoms with Crippen molar-refractivity contribution in [2.45, 2.75) is 19.4 Å². The van der Waals surface area contributed by atoms with Crippen molar-refractivity contribution in [3.63, 3.8) is 0 Å². The minimum absolute atomic E-state index is 0.352. The molecule has 0 saturated carbocycles. The van der Waals surface area contributed by atoms with E-state index in [-0.39, 0.29) is 0 Å². The quantitative estimate of drug-likeness (QED) is 0.786. The molecule has 1 aliphatic heterocycles. The number of hydrogen-bond acceptors (Lipinski definition) is 5. The summed E-state index contributed by atoms with van der Waals surface area (Å²) in [5, 5.41) is 17.9. The van der Waals surface area contributed by atoms with Crippen molar-refractivity contribution in [2.24, 2.45) is 5.92 Å². The SMILES string of the molecule is CC1CCNC1c1nn2c(-c3ccccc3)nnc2s1. The van der Waals surface area contributed by atoms with E-state index in [1.54, 1.807) is 11.3 Å². The molecule has 0 spiro atoms. The minimum atomic E-state index is 0.352. The monoisotopic (exact) mass is 285 g/mol. The molecule has 1 N–H and O–H groups in total. The third kappa shape index (κ3) is 1.83. The van der Waals surface area contributed by atoms with E-state index in [4.69, 9.17) is 5.10 Å². The normalized spacial score (nSPS) is 22.6. The molecular formula is C14H15N5S. The molecule has 1 saturated heterocycles. The molecule has 5 nitrogen and oxygen atoms in total. The van der Waals surface area contributed by atoms with E-state index in [1.165, 1.54) is 6.42 Å². The van der Waals surface area contributed by atoms with E-state index in [9.17, 15) is 0 Å². The smallest absolute Gasteiger partial charge is 0.235 e. The second-order valence-electron chi connectivity index (χ2n) is 5.22. The Morgan fingerprint density at radius 2 is 2.10 bits per heavy atom. The molecule has 1 aromatic carbocycles. The standard InChI is InChI=1S/C14H15N5S/c1-9-7-8-15-11(9)13-18-19-12(16-17-14(19)20-13)10-5-3-2-4-6-10/h2-6,9,11,15H,7-8H2,1H3. The van der Waals surface area contributed by atoms with Crippen LogP contribution in [0.2, 0.25) is 0 Å². The summed E-state index contributed by atoms with van der Waals surface area (Å²) in [6, 6.07) is 10.4. The first-order valence-corrected chi connectivity index (χ1v) is 7.65. The van der Waals surface area contributed by atoms with Crippen LogP contribution in [0.5, 0.6) is 0 Å². The Kier molecular flexibility index (Phi) is 2.78. The molecule has 1 fully saturated rings. The molecular weight excluding hydrogens is 270 g/mol. The van der Waals surface area contributed by atoms with Gasteiger partial charge in [0, 0.05) is 5.56 Å². The highest BCUT2D eigenvalue weighted by molar-refractivity contribution is 7.16. The van der Waals surface area contributed by atoms with Crippen LogP contribution >= 0.6 is 11.3 Å². The zero-order chi connectivity index (χ0) is 13.5. The molecule has 0 aliphatic carbocycles.